The summed E-state index contributed by atoms with van der Waals surface area (Å²) < 4.78 is 52.7. The lowest BCUT2D eigenvalue weighted by Gasteiger charge is -2.40. The highest BCUT2D eigenvalue weighted by Crippen LogP contribution is 2.44. The van der Waals surface area contributed by atoms with Crippen molar-refractivity contribution in [1.82, 2.24) is 19.9 Å². The number of rotatable bonds is 4. The molecule has 3 fully saturated rings. The molecular formula is C35H34F3N5O2. The van der Waals surface area contributed by atoms with Crippen LogP contribution < -0.4 is 9.64 Å². The highest BCUT2D eigenvalue weighted by atomic mass is 19.1. The van der Waals surface area contributed by atoms with E-state index in [0.717, 1.165) is 45.2 Å². The van der Waals surface area contributed by atoms with E-state index in [-0.39, 0.29) is 46.7 Å². The smallest absolute Gasteiger partial charge is 0.319 e. The zero-order valence-electron chi connectivity index (χ0n) is 25.1. The van der Waals surface area contributed by atoms with E-state index < -0.39 is 23.3 Å². The topological polar surface area (TPSA) is 74.6 Å². The fourth-order valence-corrected chi connectivity index (χ4v) is 8.47. The molecule has 1 N–H and O–H groups in total. The first-order valence-corrected chi connectivity index (χ1v) is 15.9. The Hall–Kier alpha value is -4.10. The van der Waals surface area contributed by atoms with Crippen LogP contribution in [0.4, 0.5) is 19.0 Å². The minimum absolute atomic E-state index is 0.0314. The number of aromatic nitrogens is 3. The summed E-state index contributed by atoms with van der Waals surface area (Å²) >= 11 is 0. The standard InChI is InChI=1S/C35H34F3N5O2/c1-3-23-25(37)8-7-20-14-22(44)15-24(28(20)23)31-30(38)32-29-26(39-31)9-10-27-19(2)6-4-13-43(27)33(29)41-34(40-32)45-18-35-11-5-12-42(35)17-21(36)16-35/h1,7-8,14-15,19,21,27,44H,4-6,9-13,16-18H2,2H3/t19-,21+,27+,35-/m0/s1. The van der Waals surface area contributed by atoms with Crippen LogP contribution in [0.1, 0.15) is 56.7 Å². The molecule has 4 aromatic rings. The normalized spacial score (nSPS) is 26.1. The summed E-state index contributed by atoms with van der Waals surface area (Å²) in [5.41, 5.74) is 0.358. The molecule has 0 saturated carbocycles. The molecule has 0 spiro atoms. The molecule has 7 nitrogen and oxygen atoms in total. The number of benzene rings is 2. The number of fused-ring (bicyclic) bond motifs is 4. The lowest BCUT2D eigenvalue weighted by Crippen LogP contribution is -2.45. The lowest BCUT2D eigenvalue weighted by atomic mass is 9.88. The summed E-state index contributed by atoms with van der Waals surface area (Å²) in [5, 5.41) is 11.9. The number of anilines is 1. The second-order valence-corrected chi connectivity index (χ2v) is 13.2. The van der Waals surface area contributed by atoms with Crippen LogP contribution in [0.3, 0.4) is 0 Å². The molecule has 3 saturated heterocycles. The third kappa shape index (κ3) is 4.42. The number of piperidine rings is 1. The second kappa shape index (κ2) is 10.5. The molecule has 8 rings (SSSR count). The van der Waals surface area contributed by atoms with Crippen molar-refractivity contribution in [2.45, 2.75) is 69.6 Å². The number of terminal acetylenes is 1. The second-order valence-electron chi connectivity index (χ2n) is 13.2. The van der Waals surface area contributed by atoms with E-state index in [1.54, 1.807) is 0 Å². The predicted octanol–water partition coefficient (Wildman–Crippen LogP) is 6.32. The molecule has 232 valence electrons. The number of nitrogens with zero attached hydrogens (tertiary/aromatic N) is 5. The number of halogens is 3. The van der Waals surface area contributed by atoms with Crippen molar-refractivity contribution in [3.63, 3.8) is 0 Å². The van der Waals surface area contributed by atoms with Crippen LogP contribution in [0.2, 0.25) is 0 Å². The zero-order chi connectivity index (χ0) is 31.0. The summed E-state index contributed by atoms with van der Waals surface area (Å²) in [5.74, 6) is 1.93. The van der Waals surface area contributed by atoms with E-state index in [9.17, 15) is 13.9 Å². The summed E-state index contributed by atoms with van der Waals surface area (Å²) in [6.07, 6.45) is 10.4. The number of aryl methyl sites for hydroxylation is 1. The average molecular weight is 614 g/mol. The van der Waals surface area contributed by atoms with Crippen LogP contribution >= 0.6 is 0 Å². The van der Waals surface area contributed by atoms with Crippen LogP contribution in [-0.4, -0.2) is 69.0 Å². The van der Waals surface area contributed by atoms with Gasteiger partial charge in [-0.15, -0.1) is 6.42 Å². The number of phenols is 1. The number of hydrogen-bond donors (Lipinski definition) is 1. The summed E-state index contributed by atoms with van der Waals surface area (Å²) in [6.45, 7) is 4.44. The monoisotopic (exact) mass is 613 g/mol. The van der Waals surface area contributed by atoms with E-state index in [4.69, 9.17) is 21.1 Å². The number of phenolic OH excluding ortho intramolecular Hbond substituents is 1. The number of alkyl halides is 1. The van der Waals surface area contributed by atoms with Crippen molar-refractivity contribution >= 4 is 27.5 Å². The lowest BCUT2D eigenvalue weighted by molar-refractivity contribution is 0.107. The van der Waals surface area contributed by atoms with Gasteiger partial charge in [-0.25, -0.2) is 18.2 Å². The maximum Gasteiger partial charge on any atom is 0.319 e. The zero-order valence-corrected chi connectivity index (χ0v) is 25.1. The van der Waals surface area contributed by atoms with Gasteiger partial charge in [0.05, 0.1) is 22.2 Å². The summed E-state index contributed by atoms with van der Waals surface area (Å²) in [7, 11) is 0. The van der Waals surface area contributed by atoms with Crippen molar-refractivity contribution in [3.05, 3.63) is 47.2 Å². The first-order chi connectivity index (χ1) is 21.8. The number of hydrogen-bond acceptors (Lipinski definition) is 7. The van der Waals surface area contributed by atoms with Crippen molar-refractivity contribution in [2.24, 2.45) is 5.92 Å². The van der Waals surface area contributed by atoms with Crippen LogP contribution in [0, 0.1) is 29.9 Å². The highest BCUT2D eigenvalue weighted by molar-refractivity contribution is 6.03. The third-order valence-electron chi connectivity index (χ3n) is 10.6. The van der Waals surface area contributed by atoms with Gasteiger partial charge in [0.2, 0.25) is 0 Å². The van der Waals surface area contributed by atoms with E-state index in [2.05, 4.69) is 27.6 Å². The highest BCUT2D eigenvalue weighted by Gasteiger charge is 2.49. The van der Waals surface area contributed by atoms with Crippen LogP contribution in [0.5, 0.6) is 11.8 Å². The Bertz CT molecular complexity index is 1910. The van der Waals surface area contributed by atoms with Gasteiger partial charge in [0.1, 0.15) is 41.4 Å². The predicted molar refractivity (Wildman–Crippen MR) is 166 cm³/mol. The molecule has 0 amide bonds. The Labute approximate surface area is 259 Å². The molecular weight excluding hydrogens is 579 g/mol. The molecule has 2 aromatic heterocycles. The van der Waals surface area contributed by atoms with E-state index in [1.807, 2.05) is 0 Å². The van der Waals surface area contributed by atoms with Gasteiger partial charge in [0.15, 0.2) is 5.82 Å². The largest absolute Gasteiger partial charge is 0.508 e. The first-order valence-electron chi connectivity index (χ1n) is 15.9. The quantitative estimate of drug-likeness (QED) is 0.270. The molecule has 0 unspecified atom stereocenters. The molecule has 2 aromatic carbocycles. The van der Waals surface area contributed by atoms with Crippen LogP contribution in [-0.2, 0) is 6.42 Å². The Kier molecular flexibility index (Phi) is 6.61. The Balaban J connectivity index is 1.34. The number of aromatic hydroxyl groups is 1. The molecule has 10 heteroatoms. The molecule has 0 radical (unpaired) electrons. The van der Waals surface area contributed by atoms with Gasteiger partial charge in [-0.1, -0.05) is 18.9 Å². The van der Waals surface area contributed by atoms with Gasteiger partial charge < -0.3 is 14.7 Å². The Morgan fingerprint density at radius 2 is 1.98 bits per heavy atom. The fourth-order valence-electron chi connectivity index (χ4n) is 8.47. The van der Waals surface area contributed by atoms with E-state index >= 15 is 4.39 Å². The fraction of sp³-hybridized carbons (Fsp3) is 0.457. The van der Waals surface area contributed by atoms with Gasteiger partial charge in [0.25, 0.3) is 0 Å². The summed E-state index contributed by atoms with van der Waals surface area (Å²) in [4.78, 5) is 18.8. The third-order valence-corrected chi connectivity index (χ3v) is 10.6. The number of pyridine rings is 1. The van der Waals surface area contributed by atoms with Crippen molar-refractivity contribution < 1.29 is 23.0 Å². The van der Waals surface area contributed by atoms with Gasteiger partial charge in [-0.05, 0) is 74.6 Å². The van der Waals surface area contributed by atoms with Crippen LogP contribution in [0.25, 0.3) is 32.9 Å². The molecule has 4 aliphatic rings. The van der Waals surface area contributed by atoms with Crippen LogP contribution in [0.15, 0.2) is 24.3 Å². The van der Waals surface area contributed by atoms with Gasteiger partial charge in [-0.3, -0.25) is 4.90 Å². The molecule has 0 bridgehead atoms. The van der Waals surface area contributed by atoms with Crippen molar-refractivity contribution in [1.29, 1.82) is 0 Å². The molecule has 0 aliphatic carbocycles. The SMILES string of the molecule is C#Cc1c(F)ccc2cc(O)cc(-c3nc4c5c(nc(OC[C@@]67CCCN6C[C@H](F)C7)nc5c3F)N3CCC[C@H](C)[C@H]3CC4)c12. The number of ether oxygens (including phenoxy) is 1. The minimum atomic E-state index is -0.907. The Morgan fingerprint density at radius 3 is 2.82 bits per heavy atom. The summed E-state index contributed by atoms with van der Waals surface area (Å²) in [6, 6.07) is 5.80. The molecule has 4 atom stereocenters. The first kappa shape index (κ1) is 28.4. The van der Waals surface area contributed by atoms with E-state index in [0.29, 0.717) is 53.0 Å². The maximum atomic E-state index is 17.0. The molecule has 45 heavy (non-hydrogen) atoms. The molecule has 4 aliphatic heterocycles. The van der Waals surface area contributed by atoms with Gasteiger partial charge in [0, 0.05) is 36.5 Å². The Morgan fingerprint density at radius 1 is 1.11 bits per heavy atom. The average Bonchev–Trinajstić information content (AvgIpc) is 3.49. The minimum Gasteiger partial charge on any atom is -0.508 e. The maximum absolute atomic E-state index is 17.0. The van der Waals surface area contributed by atoms with E-state index in [1.165, 1.54) is 24.3 Å². The van der Waals surface area contributed by atoms with Gasteiger partial charge >= 0.3 is 6.01 Å². The molecule has 6 heterocycles. The van der Waals surface area contributed by atoms with Gasteiger partial charge in [-0.2, -0.15) is 9.97 Å². The van der Waals surface area contributed by atoms with Crippen molar-refractivity contribution in [3.8, 4) is 35.4 Å². The van der Waals surface area contributed by atoms with Crippen molar-refractivity contribution in [2.75, 3.05) is 31.1 Å².